The Labute approximate surface area is 125 Å². The predicted molar refractivity (Wildman–Crippen MR) is 71.7 cm³/mol. The Morgan fingerprint density at radius 1 is 1.27 bits per heavy atom. The van der Waals surface area contributed by atoms with Crippen molar-refractivity contribution < 1.29 is 27.5 Å². The highest BCUT2D eigenvalue weighted by Gasteiger charge is 2.30. The number of hydrogen-bond donors (Lipinski definition) is 2. The molecular formula is C13H16F3N3O3. The number of carbonyl (C=O) groups is 2. The molecule has 0 aromatic heterocycles. The first kappa shape index (κ1) is 17.8. The first-order valence-electron chi connectivity index (χ1n) is 6.26. The molecule has 1 aromatic carbocycles. The van der Waals surface area contributed by atoms with Crippen LogP contribution in [-0.2, 0) is 16.1 Å². The van der Waals surface area contributed by atoms with Crippen molar-refractivity contribution in [2.45, 2.75) is 12.9 Å². The second-order valence-corrected chi connectivity index (χ2v) is 4.42. The van der Waals surface area contributed by atoms with Crippen molar-refractivity contribution in [2.24, 2.45) is 5.73 Å². The van der Waals surface area contributed by atoms with Crippen LogP contribution in [0.5, 0.6) is 5.75 Å². The largest absolute Gasteiger partial charge is 0.573 e. The van der Waals surface area contributed by atoms with Crippen LogP contribution < -0.4 is 15.8 Å². The van der Waals surface area contributed by atoms with Crippen LogP contribution in [0.2, 0.25) is 0 Å². The molecular weight excluding hydrogens is 303 g/mol. The number of ether oxygens (including phenoxy) is 1. The summed E-state index contributed by atoms with van der Waals surface area (Å²) >= 11 is 0. The van der Waals surface area contributed by atoms with E-state index in [0.29, 0.717) is 5.56 Å². The van der Waals surface area contributed by atoms with E-state index in [4.69, 9.17) is 5.73 Å². The molecule has 1 rings (SSSR count). The van der Waals surface area contributed by atoms with Gasteiger partial charge in [0.2, 0.25) is 11.8 Å². The zero-order valence-corrected chi connectivity index (χ0v) is 11.8. The highest BCUT2D eigenvalue weighted by Crippen LogP contribution is 2.22. The average molecular weight is 319 g/mol. The van der Waals surface area contributed by atoms with Crippen LogP contribution in [0.4, 0.5) is 13.2 Å². The van der Waals surface area contributed by atoms with E-state index in [9.17, 15) is 22.8 Å². The van der Waals surface area contributed by atoms with Gasteiger partial charge < -0.3 is 20.7 Å². The van der Waals surface area contributed by atoms with E-state index in [2.05, 4.69) is 10.1 Å². The minimum absolute atomic E-state index is 0.184. The Morgan fingerprint density at radius 2 is 1.86 bits per heavy atom. The minimum atomic E-state index is -4.74. The lowest BCUT2D eigenvalue weighted by Gasteiger charge is -2.18. The Balaban J connectivity index is 2.52. The van der Waals surface area contributed by atoms with Crippen molar-refractivity contribution in [3.05, 3.63) is 29.8 Å². The van der Waals surface area contributed by atoms with Crippen LogP contribution >= 0.6 is 0 Å². The van der Waals surface area contributed by atoms with Crippen molar-refractivity contribution in [1.29, 1.82) is 0 Å². The number of alkyl halides is 3. The number of halogens is 3. The third kappa shape index (κ3) is 6.44. The number of carbonyl (C=O) groups excluding carboxylic acids is 2. The number of benzene rings is 1. The quantitative estimate of drug-likeness (QED) is 0.805. The molecule has 0 saturated carbocycles. The highest BCUT2D eigenvalue weighted by atomic mass is 19.4. The van der Waals surface area contributed by atoms with Crippen molar-refractivity contribution in [3.63, 3.8) is 0 Å². The second kappa shape index (κ2) is 7.64. The summed E-state index contributed by atoms with van der Waals surface area (Å²) in [5.41, 5.74) is 5.71. The summed E-state index contributed by atoms with van der Waals surface area (Å²) in [6.45, 7) is -0.219. The van der Waals surface area contributed by atoms with Crippen LogP contribution in [0, 0.1) is 0 Å². The first-order chi connectivity index (χ1) is 10.2. The number of nitrogens with zero attached hydrogens (tertiary/aromatic N) is 1. The van der Waals surface area contributed by atoms with E-state index in [-0.39, 0.29) is 31.3 Å². The maximum absolute atomic E-state index is 12.0. The Bertz CT molecular complexity index is 518. The van der Waals surface area contributed by atoms with E-state index in [1.54, 1.807) is 0 Å². The molecule has 0 unspecified atom stereocenters. The van der Waals surface area contributed by atoms with Crippen molar-refractivity contribution in [3.8, 4) is 5.75 Å². The van der Waals surface area contributed by atoms with E-state index >= 15 is 0 Å². The van der Waals surface area contributed by atoms with Gasteiger partial charge in [0.25, 0.3) is 0 Å². The van der Waals surface area contributed by atoms with E-state index in [0.717, 1.165) is 12.1 Å². The zero-order valence-electron chi connectivity index (χ0n) is 11.8. The molecule has 0 aliphatic rings. The summed E-state index contributed by atoms with van der Waals surface area (Å²) in [6.07, 6.45) is -4.74. The fraction of sp³-hybridized carbons (Fsp3) is 0.385. The molecule has 0 fully saturated rings. The monoisotopic (exact) mass is 319 g/mol. The molecule has 122 valence electrons. The summed E-state index contributed by atoms with van der Waals surface area (Å²) in [5, 5.41) is 2.33. The van der Waals surface area contributed by atoms with Gasteiger partial charge in [-0.3, -0.25) is 9.59 Å². The maximum Gasteiger partial charge on any atom is 0.573 e. The van der Waals surface area contributed by atoms with Crippen LogP contribution in [0.15, 0.2) is 24.3 Å². The molecule has 0 radical (unpaired) electrons. The molecule has 0 aliphatic heterocycles. The van der Waals surface area contributed by atoms with Gasteiger partial charge in [-0.05, 0) is 17.7 Å². The molecule has 9 heteroatoms. The van der Waals surface area contributed by atoms with Crippen LogP contribution in [0.1, 0.15) is 5.56 Å². The van der Waals surface area contributed by atoms with Gasteiger partial charge in [-0.15, -0.1) is 13.2 Å². The van der Waals surface area contributed by atoms with Crippen LogP contribution in [0.3, 0.4) is 0 Å². The molecule has 0 spiro atoms. The van der Waals surface area contributed by atoms with Crippen molar-refractivity contribution >= 4 is 11.8 Å². The lowest BCUT2D eigenvalue weighted by atomic mass is 10.2. The van der Waals surface area contributed by atoms with E-state index in [1.807, 2.05) is 0 Å². The molecule has 1 aromatic rings. The molecule has 0 atom stereocenters. The molecule has 3 N–H and O–H groups in total. The fourth-order valence-corrected chi connectivity index (χ4v) is 1.54. The van der Waals surface area contributed by atoms with E-state index in [1.165, 1.54) is 24.1 Å². The number of likely N-dealkylation sites (N-methyl/N-ethyl adjacent to an activating group) is 1. The van der Waals surface area contributed by atoms with Gasteiger partial charge in [-0.2, -0.15) is 0 Å². The summed E-state index contributed by atoms with van der Waals surface area (Å²) in [6, 6.07) is 5.17. The number of nitrogens with one attached hydrogen (secondary N) is 1. The third-order valence-electron chi connectivity index (χ3n) is 2.62. The lowest BCUT2D eigenvalue weighted by Crippen LogP contribution is -2.40. The number of amides is 2. The highest BCUT2D eigenvalue weighted by molar-refractivity contribution is 5.85. The van der Waals surface area contributed by atoms with Gasteiger partial charge in [0, 0.05) is 13.6 Å². The molecule has 6 nitrogen and oxygen atoms in total. The first-order valence-corrected chi connectivity index (χ1v) is 6.26. The van der Waals surface area contributed by atoms with Gasteiger partial charge in [0.05, 0.1) is 13.1 Å². The Hall–Kier alpha value is -2.29. The Morgan fingerprint density at radius 3 is 2.36 bits per heavy atom. The second-order valence-electron chi connectivity index (χ2n) is 4.42. The maximum atomic E-state index is 12.0. The topological polar surface area (TPSA) is 84.7 Å². The average Bonchev–Trinajstić information content (AvgIpc) is 2.44. The van der Waals surface area contributed by atoms with Gasteiger partial charge in [-0.25, -0.2) is 0 Å². The number of nitrogens with two attached hydrogens (primary N) is 1. The fourth-order valence-electron chi connectivity index (χ4n) is 1.54. The lowest BCUT2D eigenvalue weighted by molar-refractivity contribution is -0.274. The predicted octanol–water partition coefficient (Wildman–Crippen LogP) is 0.619. The molecule has 22 heavy (non-hydrogen) atoms. The summed E-state index contributed by atoms with van der Waals surface area (Å²) in [5.74, 6) is -1.13. The molecule has 0 saturated heterocycles. The van der Waals surface area contributed by atoms with E-state index < -0.39 is 12.3 Å². The molecule has 0 aliphatic carbocycles. The van der Waals surface area contributed by atoms with Crippen LogP contribution in [0.25, 0.3) is 0 Å². The normalized spacial score (nSPS) is 11.0. The summed E-state index contributed by atoms with van der Waals surface area (Å²) in [7, 11) is 1.51. The van der Waals surface area contributed by atoms with Crippen molar-refractivity contribution in [2.75, 3.05) is 20.1 Å². The molecule has 0 heterocycles. The van der Waals surface area contributed by atoms with Crippen LogP contribution in [-0.4, -0.2) is 43.2 Å². The van der Waals surface area contributed by atoms with Gasteiger partial charge in [-0.1, -0.05) is 12.1 Å². The number of rotatable bonds is 6. The van der Waals surface area contributed by atoms with Crippen molar-refractivity contribution in [1.82, 2.24) is 10.2 Å². The van der Waals surface area contributed by atoms with Gasteiger partial charge >= 0.3 is 6.36 Å². The van der Waals surface area contributed by atoms with Gasteiger partial charge in [0.1, 0.15) is 5.75 Å². The number of hydrogen-bond acceptors (Lipinski definition) is 4. The zero-order chi connectivity index (χ0) is 16.8. The molecule has 0 bridgehead atoms. The van der Waals surface area contributed by atoms with Gasteiger partial charge in [0.15, 0.2) is 0 Å². The summed E-state index contributed by atoms with van der Waals surface area (Å²) < 4.78 is 39.8. The molecule has 2 amide bonds. The Kier molecular flexibility index (Phi) is 6.17. The standard InChI is InChI=1S/C13H16F3N3O3/c1-19(12(21)7-18-11(20)6-17)8-9-2-4-10(5-3-9)22-13(14,15)16/h2-5H,6-8,17H2,1H3,(H,18,20). The third-order valence-corrected chi connectivity index (χ3v) is 2.62. The smallest absolute Gasteiger partial charge is 0.406 e. The SMILES string of the molecule is CN(Cc1ccc(OC(F)(F)F)cc1)C(=O)CNC(=O)CN. The minimum Gasteiger partial charge on any atom is -0.406 e. The summed E-state index contributed by atoms with van der Waals surface area (Å²) in [4.78, 5) is 24.0.